The summed E-state index contributed by atoms with van der Waals surface area (Å²) in [7, 11) is 0. The Morgan fingerprint density at radius 3 is 2.73 bits per heavy atom. The van der Waals surface area contributed by atoms with Gasteiger partial charge in [-0.1, -0.05) is 67.6 Å². The van der Waals surface area contributed by atoms with Gasteiger partial charge in [0.1, 0.15) is 5.76 Å². The highest BCUT2D eigenvalue weighted by molar-refractivity contribution is 5.76. The Morgan fingerprint density at radius 2 is 1.90 bits per heavy atom. The quantitative estimate of drug-likeness (QED) is 0.683. The Kier molecular flexibility index (Phi) is 7.57. The number of piperidine rings is 1. The van der Waals surface area contributed by atoms with Crippen molar-refractivity contribution in [3.63, 3.8) is 0 Å². The van der Waals surface area contributed by atoms with Crippen molar-refractivity contribution >= 4 is 5.91 Å². The molecular formula is C25H35N3O2. The molecule has 4 rings (SSSR count). The number of benzene rings is 1. The summed E-state index contributed by atoms with van der Waals surface area (Å²) in [5.74, 6) is 2.76. The zero-order valence-electron chi connectivity index (χ0n) is 17.9. The molecule has 1 aliphatic heterocycles. The van der Waals surface area contributed by atoms with E-state index in [1.807, 2.05) is 30.3 Å². The van der Waals surface area contributed by atoms with Crippen molar-refractivity contribution < 1.29 is 9.32 Å². The fraction of sp³-hybridized carbons (Fsp3) is 0.600. The van der Waals surface area contributed by atoms with Crippen molar-refractivity contribution in [3.8, 4) is 0 Å². The fourth-order valence-electron chi connectivity index (χ4n) is 5.08. The summed E-state index contributed by atoms with van der Waals surface area (Å²) in [6.07, 6.45) is 10.3. The Balaban J connectivity index is 1.27. The van der Waals surface area contributed by atoms with Gasteiger partial charge in [0.15, 0.2) is 0 Å². The lowest BCUT2D eigenvalue weighted by Gasteiger charge is -2.31. The summed E-state index contributed by atoms with van der Waals surface area (Å²) < 4.78 is 5.66. The monoisotopic (exact) mass is 409 g/mol. The van der Waals surface area contributed by atoms with Crippen LogP contribution in [-0.2, 0) is 24.2 Å². The van der Waals surface area contributed by atoms with E-state index in [1.54, 1.807) is 0 Å². The van der Waals surface area contributed by atoms with Gasteiger partial charge in [0, 0.05) is 25.5 Å². The summed E-state index contributed by atoms with van der Waals surface area (Å²) in [5, 5.41) is 10.9. The van der Waals surface area contributed by atoms with Gasteiger partial charge < -0.3 is 15.2 Å². The van der Waals surface area contributed by atoms with E-state index in [1.165, 1.54) is 32.1 Å². The van der Waals surface area contributed by atoms with E-state index in [9.17, 15) is 4.79 Å². The molecule has 2 N–H and O–H groups in total. The molecule has 30 heavy (non-hydrogen) atoms. The topological polar surface area (TPSA) is 67.2 Å². The minimum Gasteiger partial charge on any atom is -0.361 e. The van der Waals surface area contributed by atoms with E-state index in [2.05, 4.69) is 21.9 Å². The third-order valence-electron chi connectivity index (χ3n) is 6.84. The minimum atomic E-state index is 0.147. The number of rotatable bonds is 8. The fourth-order valence-corrected chi connectivity index (χ4v) is 5.08. The summed E-state index contributed by atoms with van der Waals surface area (Å²) in [5.41, 5.74) is 2.19. The first-order valence-electron chi connectivity index (χ1n) is 11.7. The largest absolute Gasteiger partial charge is 0.361 e. The van der Waals surface area contributed by atoms with Crippen molar-refractivity contribution in [2.45, 2.75) is 64.3 Å². The zero-order valence-corrected chi connectivity index (χ0v) is 17.9. The molecular weight excluding hydrogens is 374 g/mol. The van der Waals surface area contributed by atoms with Crippen LogP contribution in [0.15, 0.2) is 40.9 Å². The van der Waals surface area contributed by atoms with Gasteiger partial charge in [0.25, 0.3) is 0 Å². The molecule has 5 nitrogen and oxygen atoms in total. The van der Waals surface area contributed by atoms with Gasteiger partial charge in [0.2, 0.25) is 5.91 Å². The highest BCUT2D eigenvalue weighted by atomic mass is 16.5. The molecule has 0 radical (unpaired) electrons. The predicted molar refractivity (Wildman–Crippen MR) is 118 cm³/mol. The van der Waals surface area contributed by atoms with Crippen molar-refractivity contribution in [1.29, 1.82) is 0 Å². The van der Waals surface area contributed by atoms with E-state index >= 15 is 0 Å². The number of amides is 1. The Bertz CT molecular complexity index is 783. The number of hydrogen-bond acceptors (Lipinski definition) is 4. The van der Waals surface area contributed by atoms with Crippen LogP contribution in [-0.4, -0.2) is 24.2 Å². The minimum absolute atomic E-state index is 0.147. The number of nitrogens with one attached hydrogen (secondary N) is 2. The van der Waals surface area contributed by atoms with Gasteiger partial charge in [-0.15, -0.1) is 0 Å². The molecule has 5 heteroatoms. The van der Waals surface area contributed by atoms with Crippen LogP contribution in [0.25, 0.3) is 0 Å². The van der Waals surface area contributed by atoms with Crippen LogP contribution in [0.1, 0.15) is 62.0 Å². The number of nitrogens with zero attached hydrogens (tertiary/aromatic N) is 1. The van der Waals surface area contributed by atoms with Crippen LogP contribution in [0.2, 0.25) is 0 Å². The lowest BCUT2D eigenvalue weighted by atomic mass is 9.81. The van der Waals surface area contributed by atoms with Crippen molar-refractivity contribution in [1.82, 2.24) is 15.8 Å². The third kappa shape index (κ3) is 6.18. The second-order valence-corrected chi connectivity index (χ2v) is 9.18. The average Bonchev–Trinajstić information content (AvgIpc) is 3.22. The average molecular weight is 410 g/mol. The molecule has 2 unspecified atom stereocenters. The van der Waals surface area contributed by atoms with Gasteiger partial charge in [-0.25, -0.2) is 0 Å². The number of aromatic nitrogens is 1. The van der Waals surface area contributed by atoms with Crippen molar-refractivity contribution in [2.24, 2.45) is 17.8 Å². The van der Waals surface area contributed by atoms with Gasteiger partial charge in [0.05, 0.1) is 5.69 Å². The zero-order chi connectivity index (χ0) is 20.6. The third-order valence-corrected chi connectivity index (χ3v) is 6.84. The molecule has 2 fully saturated rings. The van der Waals surface area contributed by atoms with Crippen LogP contribution in [0.3, 0.4) is 0 Å². The van der Waals surface area contributed by atoms with Gasteiger partial charge >= 0.3 is 0 Å². The van der Waals surface area contributed by atoms with Gasteiger partial charge in [-0.2, -0.15) is 0 Å². The molecule has 1 aliphatic carbocycles. The standard InChI is InChI=1S/C25H35N3O2/c29-25(27-17-20-9-5-2-6-10-20)15-21-11-12-26-18-22(21)14-23-16-24(30-28-23)13-19-7-3-1-4-8-19/h2,5-6,9-10,16,19,21-22,26H,1,3-4,7-8,11-15,17-18H2,(H,27,29). The predicted octanol–water partition coefficient (Wildman–Crippen LogP) is 4.27. The van der Waals surface area contributed by atoms with Crippen LogP contribution < -0.4 is 10.6 Å². The summed E-state index contributed by atoms with van der Waals surface area (Å²) in [6.45, 7) is 2.53. The molecule has 2 atom stereocenters. The second-order valence-electron chi connectivity index (χ2n) is 9.18. The van der Waals surface area contributed by atoms with Crippen LogP contribution >= 0.6 is 0 Å². The maximum atomic E-state index is 12.5. The molecule has 0 bridgehead atoms. The SMILES string of the molecule is O=C(CC1CCNCC1Cc1cc(CC2CCCCC2)on1)NCc1ccccc1. The molecule has 1 aromatic carbocycles. The molecule has 162 valence electrons. The Hall–Kier alpha value is -2.14. The van der Waals surface area contributed by atoms with Crippen molar-refractivity contribution in [2.75, 3.05) is 13.1 Å². The highest BCUT2D eigenvalue weighted by Crippen LogP contribution is 2.29. The molecule has 1 saturated carbocycles. The highest BCUT2D eigenvalue weighted by Gasteiger charge is 2.28. The second kappa shape index (κ2) is 10.8. The Labute approximate surface area is 180 Å². The van der Waals surface area contributed by atoms with Gasteiger partial charge in [-0.05, 0) is 49.2 Å². The molecule has 2 aromatic rings. The summed E-state index contributed by atoms with van der Waals surface area (Å²) >= 11 is 0. The van der Waals surface area contributed by atoms with E-state index < -0.39 is 0 Å². The van der Waals surface area contributed by atoms with Crippen LogP contribution in [0.5, 0.6) is 0 Å². The van der Waals surface area contributed by atoms with E-state index in [4.69, 9.17) is 4.52 Å². The number of hydrogen-bond donors (Lipinski definition) is 2. The van der Waals surface area contributed by atoms with E-state index in [0.717, 1.165) is 55.3 Å². The first-order chi connectivity index (χ1) is 14.8. The maximum Gasteiger partial charge on any atom is 0.220 e. The normalized spacial score (nSPS) is 22.7. The Morgan fingerprint density at radius 1 is 1.07 bits per heavy atom. The lowest BCUT2D eigenvalue weighted by Crippen LogP contribution is -2.40. The van der Waals surface area contributed by atoms with Crippen LogP contribution in [0.4, 0.5) is 0 Å². The first-order valence-corrected chi connectivity index (χ1v) is 11.7. The van der Waals surface area contributed by atoms with E-state index in [0.29, 0.717) is 24.8 Å². The van der Waals surface area contributed by atoms with Crippen molar-refractivity contribution in [3.05, 3.63) is 53.4 Å². The maximum absolute atomic E-state index is 12.5. The van der Waals surface area contributed by atoms with Gasteiger partial charge in [-0.3, -0.25) is 4.79 Å². The number of carbonyl (C=O) groups is 1. The molecule has 0 spiro atoms. The smallest absolute Gasteiger partial charge is 0.220 e. The summed E-state index contributed by atoms with van der Waals surface area (Å²) in [4.78, 5) is 12.5. The summed E-state index contributed by atoms with van der Waals surface area (Å²) in [6, 6.07) is 12.3. The molecule has 1 amide bonds. The number of carbonyl (C=O) groups excluding carboxylic acids is 1. The molecule has 1 saturated heterocycles. The molecule has 2 aliphatic rings. The lowest BCUT2D eigenvalue weighted by molar-refractivity contribution is -0.122. The first kappa shape index (κ1) is 21.1. The van der Waals surface area contributed by atoms with E-state index in [-0.39, 0.29) is 5.91 Å². The van der Waals surface area contributed by atoms with Crippen LogP contribution in [0, 0.1) is 17.8 Å². The molecule has 2 heterocycles. The molecule has 1 aromatic heterocycles.